The fourth-order valence-electron chi connectivity index (χ4n) is 3.46. The molecule has 0 bridgehead atoms. The molecule has 1 aliphatic rings. The monoisotopic (exact) mass is 370 g/mol. The number of carbonyl (C=O) groups excluding carboxylic acids is 1. The van der Waals surface area contributed by atoms with E-state index in [4.69, 9.17) is 4.74 Å². The van der Waals surface area contributed by atoms with Crippen LogP contribution in [0.4, 0.5) is 4.39 Å². The van der Waals surface area contributed by atoms with Gasteiger partial charge in [-0.3, -0.25) is 4.79 Å². The van der Waals surface area contributed by atoms with Crippen molar-refractivity contribution in [2.24, 2.45) is 0 Å². The van der Waals surface area contributed by atoms with Gasteiger partial charge < -0.3 is 14.5 Å². The number of piperidine rings is 1. The van der Waals surface area contributed by atoms with Crippen LogP contribution >= 0.6 is 0 Å². The number of halogens is 1. The number of ether oxygens (including phenoxy) is 1. The molecule has 3 rings (SSSR count). The van der Waals surface area contributed by atoms with Crippen LogP contribution in [0.5, 0.6) is 5.75 Å². The van der Waals surface area contributed by atoms with Gasteiger partial charge in [0.1, 0.15) is 18.2 Å². The van der Waals surface area contributed by atoms with Gasteiger partial charge in [-0.2, -0.15) is 0 Å². The normalized spacial score (nSPS) is 17.5. The summed E-state index contributed by atoms with van der Waals surface area (Å²) in [5.74, 6) is 0.345. The molecule has 0 aliphatic carbocycles. The number of hydrogen-bond acceptors (Lipinski definition) is 3. The molecule has 5 heteroatoms. The zero-order valence-electron chi connectivity index (χ0n) is 16.0. The Labute approximate surface area is 160 Å². The van der Waals surface area contributed by atoms with Crippen LogP contribution in [0.15, 0.2) is 48.5 Å². The maximum atomic E-state index is 13.6. The Kier molecular flexibility index (Phi) is 6.45. The van der Waals surface area contributed by atoms with Gasteiger partial charge in [0.25, 0.3) is 5.91 Å². The third-order valence-electron chi connectivity index (χ3n) is 5.21. The van der Waals surface area contributed by atoms with Crippen molar-refractivity contribution in [3.8, 4) is 5.75 Å². The van der Waals surface area contributed by atoms with E-state index in [1.165, 1.54) is 18.9 Å². The van der Waals surface area contributed by atoms with Crippen molar-refractivity contribution < 1.29 is 13.9 Å². The largest absolute Gasteiger partial charge is 0.489 e. The second-order valence-electron chi connectivity index (χ2n) is 7.22. The average molecular weight is 370 g/mol. The molecule has 0 saturated carbocycles. The predicted molar refractivity (Wildman–Crippen MR) is 104 cm³/mol. The van der Waals surface area contributed by atoms with Gasteiger partial charge in [0.2, 0.25) is 0 Å². The molecule has 0 unspecified atom stereocenters. The number of amides is 1. The third kappa shape index (κ3) is 5.07. The number of rotatable bonds is 6. The number of nitrogens with zero attached hydrogens (tertiary/aromatic N) is 2. The minimum atomic E-state index is -0.279. The Balaban J connectivity index is 1.55. The molecule has 2 aromatic rings. The first kappa shape index (κ1) is 19.4. The fraction of sp³-hybridized carbons (Fsp3) is 0.409. The summed E-state index contributed by atoms with van der Waals surface area (Å²) in [6.07, 6.45) is 3.60. The van der Waals surface area contributed by atoms with Crippen LogP contribution in [0.25, 0.3) is 0 Å². The second-order valence-corrected chi connectivity index (χ2v) is 7.22. The maximum Gasteiger partial charge on any atom is 0.253 e. The molecule has 2 aromatic carbocycles. The van der Waals surface area contributed by atoms with Gasteiger partial charge in [0.05, 0.1) is 0 Å². The first-order chi connectivity index (χ1) is 13.0. The van der Waals surface area contributed by atoms with Crippen LogP contribution in [-0.2, 0) is 6.61 Å². The Bertz CT molecular complexity index is 763. The van der Waals surface area contributed by atoms with Crippen molar-refractivity contribution in [1.82, 2.24) is 9.80 Å². The molecule has 144 valence electrons. The van der Waals surface area contributed by atoms with Crippen LogP contribution in [-0.4, -0.2) is 48.9 Å². The SMILES string of the molecule is CN(C[C@H]1CCCCN1C)C(=O)c1ccc(OCc2ccccc2F)cc1. The van der Waals surface area contributed by atoms with E-state index < -0.39 is 0 Å². The molecule has 0 aromatic heterocycles. The number of likely N-dealkylation sites (N-methyl/N-ethyl adjacent to an activating group) is 2. The highest BCUT2D eigenvalue weighted by Gasteiger charge is 2.22. The van der Waals surface area contributed by atoms with E-state index in [-0.39, 0.29) is 18.3 Å². The Morgan fingerprint density at radius 2 is 1.93 bits per heavy atom. The zero-order valence-corrected chi connectivity index (χ0v) is 16.0. The third-order valence-corrected chi connectivity index (χ3v) is 5.21. The highest BCUT2D eigenvalue weighted by Crippen LogP contribution is 2.19. The van der Waals surface area contributed by atoms with E-state index in [0.717, 1.165) is 19.5 Å². The minimum Gasteiger partial charge on any atom is -0.489 e. The van der Waals surface area contributed by atoms with E-state index in [2.05, 4.69) is 11.9 Å². The van der Waals surface area contributed by atoms with E-state index in [1.807, 2.05) is 7.05 Å². The summed E-state index contributed by atoms with van der Waals surface area (Å²) in [6.45, 7) is 2.00. The van der Waals surface area contributed by atoms with Crippen LogP contribution in [0, 0.1) is 5.82 Å². The molecule has 1 saturated heterocycles. The maximum absolute atomic E-state index is 13.6. The van der Waals surface area contributed by atoms with Crippen molar-refractivity contribution in [1.29, 1.82) is 0 Å². The topological polar surface area (TPSA) is 32.8 Å². The highest BCUT2D eigenvalue weighted by atomic mass is 19.1. The zero-order chi connectivity index (χ0) is 19.2. The van der Waals surface area contributed by atoms with E-state index in [9.17, 15) is 9.18 Å². The lowest BCUT2D eigenvalue weighted by Crippen LogP contribution is -2.45. The molecule has 1 heterocycles. The van der Waals surface area contributed by atoms with Crippen molar-refractivity contribution in [2.45, 2.75) is 31.9 Å². The van der Waals surface area contributed by atoms with Crippen LogP contribution in [0.2, 0.25) is 0 Å². The summed E-state index contributed by atoms with van der Waals surface area (Å²) < 4.78 is 19.3. The van der Waals surface area contributed by atoms with Crippen LogP contribution < -0.4 is 4.74 Å². The Morgan fingerprint density at radius 1 is 1.19 bits per heavy atom. The molecule has 0 N–H and O–H groups in total. The fourth-order valence-corrected chi connectivity index (χ4v) is 3.46. The van der Waals surface area contributed by atoms with Crippen LogP contribution in [0.1, 0.15) is 35.2 Å². The van der Waals surface area contributed by atoms with Crippen molar-refractivity contribution in [2.75, 3.05) is 27.2 Å². The van der Waals surface area contributed by atoms with Gasteiger partial charge in [-0.05, 0) is 56.8 Å². The summed E-state index contributed by atoms with van der Waals surface area (Å²) in [5.41, 5.74) is 1.14. The first-order valence-corrected chi connectivity index (χ1v) is 9.46. The summed E-state index contributed by atoms with van der Waals surface area (Å²) >= 11 is 0. The summed E-state index contributed by atoms with van der Waals surface area (Å²) in [4.78, 5) is 16.8. The lowest BCUT2D eigenvalue weighted by Gasteiger charge is -2.35. The molecule has 27 heavy (non-hydrogen) atoms. The number of likely N-dealkylation sites (tertiary alicyclic amines) is 1. The van der Waals surface area contributed by atoms with Gasteiger partial charge in [-0.15, -0.1) is 0 Å². The van der Waals surface area contributed by atoms with Gasteiger partial charge in [-0.25, -0.2) is 4.39 Å². The molecule has 1 fully saturated rings. The molecular formula is C22H27FN2O2. The number of benzene rings is 2. The highest BCUT2D eigenvalue weighted by molar-refractivity contribution is 5.94. The van der Waals surface area contributed by atoms with Gasteiger partial charge >= 0.3 is 0 Å². The standard InChI is InChI=1S/C22H27FN2O2/c1-24-14-6-5-8-19(24)15-25(2)22(26)17-10-12-20(13-11-17)27-16-18-7-3-4-9-21(18)23/h3-4,7,9-13,19H,5-6,8,14-16H2,1-2H3/t19-/m1/s1. The minimum absolute atomic E-state index is 0.00891. The van der Waals surface area contributed by atoms with Gasteiger partial charge in [0, 0.05) is 30.8 Å². The predicted octanol–water partition coefficient (Wildman–Crippen LogP) is 3.96. The van der Waals surface area contributed by atoms with Crippen molar-refractivity contribution >= 4 is 5.91 Å². The Morgan fingerprint density at radius 3 is 2.63 bits per heavy atom. The summed E-state index contributed by atoms with van der Waals surface area (Å²) in [6, 6.07) is 14.0. The quantitative estimate of drug-likeness (QED) is 0.772. The number of carbonyl (C=O) groups is 1. The lowest BCUT2D eigenvalue weighted by molar-refractivity contribution is 0.0717. The molecular weight excluding hydrogens is 343 g/mol. The Hall–Kier alpha value is -2.40. The van der Waals surface area contributed by atoms with E-state index >= 15 is 0 Å². The first-order valence-electron chi connectivity index (χ1n) is 9.46. The van der Waals surface area contributed by atoms with E-state index in [0.29, 0.717) is 22.9 Å². The summed E-state index contributed by atoms with van der Waals surface area (Å²) in [7, 11) is 3.98. The molecule has 1 atom stereocenters. The van der Waals surface area contributed by atoms with Crippen molar-refractivity contribution in [3.05, 3.63) is 65.5 Å². The molecule has 4 nitrogen and oxygen atoms in total. The molecule has 0 spiro atoms. The molecule has 1 aliphatic heterocycles. The lowest BCUT2D eigenvalue weighted by atomic mass is 10.0. The molecule has 1 amide bonds. The smallest absolute Gasteiger partial charge is 0.253 e. The number of hydrogen-bond donors (Lipinski definition) is 0. The molecule has 0 radical (unpaired) electrons. The van der Waals surface area contributed by atoms with Crippen molar-refractivity contribution in [3.63, 3.8) is 0 Å². The average Bonchev–Trinajstić information content (AvgIpc) is 2.69. The van der Waals surface area contributed by atoms with Crippen LogP contribution in [0.3, 0.4) is 0 Å². The summed E-state index contributed by atoms with van der Waals surface area (Å²) in [5, 5.41) is 0. The van der Waals surface area contributed by atoms with Gasteiger partial charge in [-0.1, -0.05) is 24.6 Å². The van der Waals surface area contributed by atoms with E-state index in [1.54, 1.807) is 47.4 Å². The second kappa shape index (κ2) is 9.00. The van der Waals surface area contributed by atoms with Gasteiger partial charge in [0.15, 0.2) is 0 Å².